The summed E-state index contributed by atoms with van der Waals surface area (Å²) in [6.07, 6.45) is 0. The van der Waals surface area contributed by atoms with E-state index in [9.17, 15) is 14.4 Å². The van der Waals surface area contributed by atoms with Crippen molar-refractivity contribution in [2.45, 2.75) is 19.9 Å². The van der Waals surface area contributed by atoms with E-state index in [0.717, 1.165) is 0 Å². The van der Waals surface area contributed by atoms with E-state index in [1.54, 1.807) is 30.3 Å². The van der Waals surface area contributed by atoms with Gasteiger partial charge in [0.15, 0.2) is 0 Å². The van der Waals surface area contributed by atoms with Crippen LogP contribution >= 0.6 is 11.3 Å². The smallest absolute Gasteiger partial charge is 0.265 e. The number of benzene rings is 1. The molecule has 2 aromatic rings. The van der Waals surface area contributed by atoms with Crippen LogP contribution < -0.4 is 16.0 Å². The van der Waals surface area contributed by atoms with Crippen molar-refractivity contribution < 1.29 is 14.4 Å². The molecular formula is C20H24N4O3S. The summed E-state index contributed by atoms with van der Waals surface area (Å²) in [6, 6.07) is 10.3. The summed E-state index contributed by atoms with van der Waals surface area (Å²) < 4.78 is 0. The molecule has 3 rings (SSSR count). The van der Waals surface area contributed by atoms with Crippen LogP contribution in [0.5, 0.6) is 0 Å². The van der Waals surface area contributed by atoms with Crippen LogP contribution in [-0.4, -0.2) is 48.3 Å². The minimum atomic E-state index is -0.297. The molecule has 7 nitrogen and oxygen atoms in total. The number of hydrogen-bond donors (Lipinski definition) is 3. The molecule has 1 atom stereocenters. The Labute approximate surface area is 168 Å². The van der Waals surface area contributed by atoms with E-state index in [1.165, 1.54) is 11.3 Å². The maximum atomic E-state index is 12.4. The quantitative estimate of drug-likeness (QED) is 0.694. The molecule has 0 radical (unpaired) electrons. The minimum Gasteiger partial charge on any atom is -0.353 e. The average molecular weight is 401 g/mol. The molecule has 1 aliphatic heterocycles. The number of carbonyl (C=O) groups excluding carboxylic acids is 3. The van der Waals surface area contributed by atoms with Gasteiger partial charge in [-0.1, -0.05) is 19.9 Å². The molecule has 1 aromatic heterocycles. The van der Waals surface area contributed by atoms with Gasteiger partial charge in [0.25, 0.3) is 5.91 Å². The lowest BCUT2D eigenvalue weighted by Crippen LogP contribution is -2.58. The molecule has 0 bridgehead atoms. The monoisotopic (exact) mass is 400 g/mol. The summed E-state index contributed by atoms with van der Waals surface area (Å²) in [5.41, 5.74) is 1.30. The second-order valence-electron chi connectivity index (χ2n) is 7.01. The maximum absolute atomic E-state index is 12.4. The van der Waals surface area contributed by atoms with Crippen molar-refractivity contribution in [1.82, 2.24) is 10.2 Å². The van der Waals surface area contributed by atoms with Crippen LogP contribution in [0.1, 0.15) is 23.5 Å². The number of rotatable bonds is 6. The van der Waals surface area contributed by atoms with Gasteiger partial charge in [-0.2, -0.15) is 0 Å². The molecule has 1 saturated heterocycles. The first-order valence-electron chi connectivity index (χ1n) is 9.20. The Hall–Kier alpha value is -2.71. The molecule has 8 heteroatoms. The van der Waals surface area contributed by atoms with E-state index in [0.29, 0.717) is 29.3 Å². The van der Waals surface area contributed by atoms with Gasteiger partial charge in [0, 0.05) is 24.5 Å². The molecule has 148 valence electrons. The zero-order valence-corrected chi connectivity index (χ0v) is 16.7. The summed E-state index contributed by atoms with van der Waals surface area (Å²) in [6.45, 7) is 5.31. The predicted octanol–water partition coefficient (Wildman–Crippen LogP) is 2.40. The Kier molecular flexibility index (Phi) is 6.43. The molecule has 0 aliphatic carbocycles. The van der Waals surface area contributed by atoms with Gasteiger partial charge in [-0.05, 0) is 41.6 Å². The molecule has 0 spiro atoms. The number of nitrogens with zero attached hydrogens (tertiary/aromatic N) is 1. The number of anilines is 2. The summed E-state index contributed by atoms with van der Waals surface area (Å²) in [4.78, 5) is 39.1. The summed E-state index contributed by atoms with van der Waals surface area (Å²) in [7, 11) is 0. The largest absolute Gasteiger partial charge is 0.353 e. The van der Waals surface area contributed by atoms with E-state index in [2.05, 4.69) is 16.0 Å². The van der Waals surface area contributed by atoms with E-state index in [1.807, 2.05) is 30.2 Å². The third kappa shape index (κ3) is 4.96. The highest BCUT2D eigenvalue weighted by Gasteiger charge is 2.33. The minimum absolute atomic E-state index is 0.0279. The van der Waals surface area contributed by atoms with E-state index in [-0.39, 0.29) is 36.2 Å². The van der Waals surface area contributed by atoms with E-state index < -0.39 is 0 Å². The number of hydrogen-bond acceptors (Lipinski definition) is 5. The molecular weight excluding hydrogens is 376 g/mol. The zero-order chi connectivity index (χ0) is 20.1. The molecule has 28 heavy (non-hydrogen) atoms. The summed E-state index contributed by atoms with van der Waals surface area (Å²) in [5.74, 6) is -0.232. The molecule has 2 heterocycles. The third-order valence-corrected chi connectivity index (χ3v) is 5.38. The number of carbonyl (C=O) groups is 3. The van der Waals surface area contributed by atoms with Gasteiger partial charge < -0.3 is 16.0 Å². The van der Waals surface area contributed by atoms with E-state index >= 15 is 0 Å². The first-order valence-corrected chi connectivity index (χ1v) is 10.1. The first-order chi connectivity index (χ1) is 13.4. The van der Waals surface area contributed by atoms with Crippen LogP contribution in [0.4, 0.5) is 11.4 Å². The second kappa shape index (κ2) is 8.99. The van der Waals surface area contributed by atoms with Crippen molar-refractivity contribution in [2.75, 3.05) is 30.3 Å². The van der Waals surface area contributed by atoms with Gasteiger partial charge in [-0.25, -0.2) is 0 Å². The topological polar surface area (TPSA) is 90.5 Å². The highest BCUT2D eigenvalue weighted by Crippen LogP contribution is 2.17. The van der Waals surface area contributed by atoms with Crippen LogP contribution in [0.3, 0.4) is 0 Å². The Morgan fingerprint density at radius 1 is 1.18 bits per heavy atom. The van der Waals surface area contributed by atoms with Crippen molar-refractivity contribution in [3.63, 3.8) is 0 Å². The highest BCUT2D eigenvalue weighted by molar-refractivity contribution is 7.12. The van der Waals surface area contributed by atoms with Gasteiger partial charge >= 0.3 is 0 Å². The lowest BCUT2D eigenvalue weighted by atomic mass is 9.99. The number of amides is 3. The zero-order valence-electron chi connectivity index (χ0n) is 15.9. The molecule has 3 amide bonds. The second-order valence-corrected chi connectivity index (χ2v) is 7.96. The predicted molar refractivity (Wildman–Crippen MR) is 111 cm³/mol. The van der Waals surface area contributed by atoms with Crippen LogP contribution in [-0.2, 0) is 9.59 Å². The van der Waals surface area contributed by atoms with Crippen molar-refractivity contribution in [3.8, 4) is 0 Å². The maximum Gasteiger partial charge on any atom is 0.265 e. The molecule has 1 unspecified atom stereocenters. The number of thiophene rings is 1. The van der Waals surface area contributed by atoms with Crippen molar-refractivity contribution in [3.05, 3.63) is 46.7 Å². The molecule has 1 aliphatic rings. The van der Waals surface area contributed by atoms with Crippen LogP contribution in [0.15, 0.2) is 41.8 Å². The first kappa shape index (κ1) is 20.0. The van der Waals surface area contributed by atoms with Crippen LogP contribution in [0, 0.1) is 5.92 Å². The van der Waals surface area contributed by atoms with Crippen molar-refractivity contribution in [1.29, 1.82) is 0 Å². The third-order valence-electron chi connectivity index (χ3n) is 4.51. The Morgan fingerprint density at radius 3 is 2.46 bits per heavy atom. The lowest BCUT2D eigenvalue weighted by molar-refractivity contribution is -0.132. The van der Waals surface area contributed by atoms with Crippen LogP contribution in [0.25, 0.3) is 0 Å². The SMILES string of the molecule is CC(C)C1C(=O)NCCN1CC(=O)Nc1ccc(NC(=O)c2cccs2)cc1. The van der Waals surface area contributed by atoms with Gasteiger partial charge in [-0.15, -0.1) is 11.3 Å². The van der Waals surface area contributed by atoms with E-state index in [4.69, 9.17) is 0 Å². The standard InChI is InChI=1S/C20H24N4O3S/c1-13(2)18-20(27)21-9-10-24(18)12-17(25)22-14-5-7-15(8-6-14)23-19(26)16-4-3-11-28-16/h3-8,11,13,18H,9-10,12H2,1-2H3,(H,21,27)(H,22,25)(H,23,26). The highest BCUT2D eigenvalue weighted by atomic mass is 32.1. The number of piperazine rings is 1. The normalized spacial score (nSPS) is 17.2. The number of nitrogens with one attached hydrogen (secondary N) is 3. The molecule has 1 aromatic carbocycles. The van der Waals surface area contributed by atoms with Gasteiger partial charge in [0.2, 0.25) is 11.8 Å². The van der Waals surface area contributed by atoms with Gasteiger partial charge in [0.1, 0.15) is 0 Å². The Bertz CT molecular complexity index is 834. The fourth-order valence-corrected chi connectivity index (χ4v) is 3.88. The summed E-state index contributed by atoms with van der Waals surface area (Å²) in [5, 5.41) is 10.4. The van der Waals surface area contributed by atoms with Crippen LogP contribution in [0.2, 0.25) is 0 Å². The summed E-state index contributed by atoms with van der Waals surface area (Å²) >= 11 is 1.38. The molecule has 1 fully saturated rings. The van der Waals surface area contributed by atoms with Gasteiger partial charge in [-0.3, -0.25) is 19.3 Å². The van der Waals surface area contributed by atoms with Crippen molar-refractivity contribution >= 4 is 40.4 Å². The fraction of sp³-hybridized carbons (Fsp3) is 0.350. The molecule has 3 N–H and O–H groups in total. The Morgan fingerprint density at radius 2 is 1.86 bits per heavy atom. The Balaban J connectivity index is 1.55. The average Bonchev–Trinajstić information content (AvgIpc) is 3.18. The van der Waals surface area contributed by atoms with Gasteiger partial charge in [0.05, 0.1) is 17.5 Å². The fourth-order valence-electron chi connectivity index (χ4n) is 3.26. The lowest BCUT2D eigenvalue weighted by Gasteiger charge is -2.36. The van der Waals surface area contributed by atoms with Crippen molar-refractivity contribution in [2.24, 2.45) is 5.92 Å². The molecule has 0 saturated carbocycles.